The summed E-state index contributed by atoms with van der Waals surface area (Å²) >= 11 is 0. The summed E-state index contributed by atoms with van der Waals surface area (Å²) in [6.07, 6.45) is 2.24. The third-order valence-corrected chi connectivity index (χ3v) is 4.72. The standard InChI is InChI=1S/C13H21NO2S/c1-5-7-17(8-6-2)10-11(3)12(9-14)13(15)16-4/h10H,5-8H2,1-4H3/b11-10-. The monoisotopic (exact) mass is 255 g/mol. The minimum atomic E-state index is -0.544. The highest BCUT2D eigenvalue weighted by atomic mass is 32.2. The van der Waals surface area contributed by atoms with Gasteiger partial charge in [-0.3, -0.25) is 5.87 Å². The molecule has 0 aromatic carbocycles. The van der Waals surface area contributed by atoms with Crippen LogP contribution in [-0.4, -0.2) is 30.5 Å². The maximum atomic E-state index is 11.4. The van der Waals surface area contributed by atoms with E-state index in [1.807, 2.05) is 5.87 Å². The molecule has 0 radical (unpaired) electrons. The zero-order valence-corrected chi connectivity index (χ0v) is 11.9. The normalized spacial score (nSPS) is 11.2. The molecule has 0 N–H and O–H groups in total. The highest BCUT2D eigenvalue weighted by Gasteiger charge is 2.17. The summed E-state index contributed by atoms with van der Waals surface area (Å²) < 4.78 is 4.59. The van der Waals surface area contributed by atoms with Gasteiger partial charge in [-0.15, -0.1) is 0 Å². The Balaban J connectivity index is 4.89. The van der Waals surface area contributed by atoms with Gasteiger partial charge in [0.05, 0.1) is 12.7 Å². The van der Waals surface area contributed by atoms with E-state index in [4.69, 9.17) is 5.41 Å². The van der Waals surface area contributed by atoms with Crippen molar-refractivity contribution in [3.63, 3.8) is 0 Å². The minimum Gasteiger partial charge on any atom is -0.763 e. The Bertz CT molecular complexity index is 324. The van der Waals surface area contributed by atoms with Crippen molar-refractivity contribution in [3.05, 3.63) is 22.0 Å². The minimum absolute atomic E-state index is 0.122. The van der Waals surface area contributed by atoms with Crippen LogP contribution in [0.2, 0.25) is 0 Å². The van der Waals surface area contributed by atoms with Gasteiger partial charge in [0.1, 0.15) is 16.9 Å². The van der Waals surface area contributed by atoms with Crippen molar-refractivity contribution in [1.82, 2.24) is 0 Å². The average Bonchev–Trinajstić information content (AvgIpc) is 2.30. The number of ether oxygens (including phenoxy) is 1. The van der Waals surface area contributed by atoms with Gasteiger partial charge in [-0.1, -0.05) is 13.8 Å². The zero-order valence-electron chi connectivity index (χ0n) is 11.1. The second kappa shape index (κ2) is 9.08. The van der Waals surface area contributed by atoms with Crippen LogP contribution in [0.15, 0.2) is 16.6 Å². The summed E-state index contributed by atoms with van der Waals surface area (Å²) in [6.45, 7) is 6.10. The van der Waals surface area contributed by atoms with Crippen LogP contribution in [-0.2, 0) is 20.4 Å². The molecule has 96 valence electrons. The molecule has 3 nitrogen and oxygen atoms in total. The van der Waals surface area contributed by atoms with E-state index >= 15 is 0 Å². The lowest BCUT2D eigenvalue weighted by Crippen LogP contribution is -2.11. The Morgan fingerprint density at radius 1 is 1.35 bits per heavy atom. The summed E-state index contributed by atoms with van der Waals surface area (Å²) in [5.41, 5.74) is 0.863. The fourth-order valence-electron chi connectivity index (χ4n) is 1.45. The van der Waals surface area contributed by atoms with Gasteiger partial charge in [0.25, 0.3) is 0 Å². The number of hydrogen-bond acceptors (Lipinski definition) is 2. The van der Waals surface area contributed by atoms with Crippen molar-refractivity contribution in [1.29, 1.82) is 0 Å². The summed E-state index contributed by atoms with van der Waals surface area (Å²) in [6, 6.07) is 0. The van der Waals surface area contributed by atoms with Gasteiger partial charge < -0.3 is 10.1 Å². The van der Waals surface area contributed by atoms with Crippen LogP contribution < -0.4 is 0 Å². The van der Waals surface area contributed by atoms with Gasteiger partial charge >= 0.3 is 5.97 Å². The molecule has 0 rings (SSSR count). The van der Waals surface area contributed by atoms with Crippen LogP contribution >= 0.6 is 0 Å². The Hall–Kier alpha value is -0.990. The molecule has 0 aromatic rings. The summed E-state index contributed by atoms with van der Waals surface area (Å²) in [5, 5.41) is 11.0. The Labute approximate surface area is 107 Å². The van der Waals surface area contributed by atoms with Crippen molar-refractivity contribution in [2.24, 2.45) is 0 Å². The van der Waals surface area contributed by atoms with Crippen LogP contribution in [0.25, 0.3) is 5.41 Å². The molecule has 4 heteroatoms. The SMILES string of the molecule is CCC[S+](/C=C(/C)C(=C=[N-])C(=O)OC)CCC. The van der Waals surface area contributed by atoms with Gasteiger partial charge in [-0.2, -0.15) is 0 Å². The van der Waals surface area contributed by atoms with Crippen molar-refractivity contribution in [2.75, 3.05) is 18.6 Å². The van der Waals surface area contributed by atoms with Crippen molar-refractivity contribution >= 4 is 22.7 Å². The van der Waals surface area contributed by atoms with Crippen LogP contribution in [0.1, 0.15) is 33.6 Å². The topological polar surface area (TPSA) is 48.6 Å². The van der Waals surface area contributed by atoms with Gasteiger partial charge in [-0.05, 0) is 19.8 Å². The third-order valence-electron chi connectivity index (χ3n) is 2.17. The number of rotatable bonds is 7. The van der Waals surface area contributed by atoms with E-state index in [2.05, 4.69) is 24.0 Å². The first-order valence-electron chi connectivity index (χ1n) is 5.81. The second-order valence-electron chi connectivity index (χ2n) is 3.72. The molecular weight excluding hydrogens is 234 g/mol. The average molecular weight is 255 g/mol. The van der Waals surface area contributed by atoms with Gasteiger partial charge in [0.15, 0.2) is 0 Å². The van der Waals surface area contributed by atoms with E-state index in [-0.39, 0.29) is 16.5 Å². The molecule has 0 aliphatic rings. The van der Waals surface area contributed by atoms with E-state index in [1.54, 1.807) is 6.92 Å². The number of nitrogens with zero attached hydrogens (tertiary/aromatic N) is 1. The van der Waals surface area contributed by atoms with E-state index < -0.39 is 5.97 Å². The molecule has 0 aromatic heterocycles. The molecule has 0 bridgehead atoms. The fourth-order valence-corrected chi connectivity index (χ4v) is 3.56. The molecular formula is C13H21NO2S. The van der Waals surface area contributed by atoms with Crippen molar-refractivity contribution < 1.29 is 9.53 Å². The first-order chi connectivity index (χ1) is 8.10. The lowest BCUT2D eigenvalue weighted by Gasteiger charge is -2.06. The Morgan fingerprint density at radius 3 is 2.24 bits per heavy atom. The molecule has 0 saturated heterocycles. The Morgan fingerprint density at radius 2 is 1.88 bits per heavy atom. The number of carbonyl (C=O) groups is 1. The quantitative estimate of drug-likeness (QED) is 0.231. The highest BCUT2D eigenvalue weighted by Crippen LogP contribution is 2.13. The molecule has 0 saturated carbocycles. The molecule has 0 fully saturated rings. The number of carbonyl (C=O) groups excluding carboxylic acids is 1. The van der Waals surface area contributed by atoms with Crippen LogP contribution in [0.4, 0.5) is 0 Å². The molecule has 0 spiro atoms. The molecule has 0 heterocycles. The third kappa shape index (κ3) is 5.76. The lowest BCUT2D eigenvalue weighted by molar-refractivity contribution is -0.135. The summed E-state index contributed by atoms with van der Waals surface area (Å²) in [4.78, 5) is 11.4. The molecule has 0 amide bonds. The zero-order chi connectivity index (χ0) is 13.3. The molecule has 17 heavy (non-hydrogen) atoms. The van der Waals surface area contributed by atoms with E-state index in [0.29, 0.717) is 0 Å². The first-order valence-corrected chi connectivity index (χ1v) is 7.43. The van der Waals surface area contributed by atoms with E-state index in [1.165, 1.54) is 7.11 Å². The van der Waals surface area contributed by atoms with Gasteiger partial charge in [-0.25, -0.2) is 4.79 Å². The van der Waals surface area contributed by atoms with Gasteiger partial charge in [0, 0.05) is 16.5 Å². The number of hydrogen-bond donors (Lipinski definition) is 0. The van der Waals surface area contributed by atoms with Crippen molar-refractivity contribution in [3.8, 4) is 0 Å². The maximum absolute atomic E-state index is 11.4. The van der Waals surface area contributed by atoms with Gasteiger partial charge in [0.2, 0.25) is 0 Å². The Kier molecular flexibility index (Phi) is 8.55. The summed E-state index contributed by atoms with van der Waals surface area (Å²) in [7, 11) is 1.46. The number of methoxy groups -OCH3 is 1. The second-order valence-corrected chi connectivity index (χ2v) is 5.85. The van der Waals surface area contributed by atoms with Crippen molar-refractivity contribution in [2.45, 2.75) is 33.6 Å². The highest BCUT2D eigenvalue weighted by molar-refractivity contribution is 7.99. The smallest absolute Gasteiger partial charge is 0.344 e. The first kappa shape index (κ1) is 16.0. The maximum Gasteiger partial charge on any atom is 0.344 e. The lowest BCUT2D eigenvalue weighted by atomic mass is 10.1. The van der Waals surface area contributed by atoms with Crippen LogP contribution in [0.3, 0.4) is 0 Å². The molecule has 0 aliphatic carbocycles. The molecule has 0 unspecified atom stereocenters. The largest absolute Gasteiger partial charge is 0.763 e. The predicted molar refractivity (Wildman–Crippen MR) is 75.3 cm³/mol. The predicted octanol–water partition coefficient (Wildman–Crippen LogP) is 2.67. The molecule has 0 atom stereocenters. The summed E-state index contributed by atoms with van der Waals surface area (Å²) in [5.74, 6) is 3.61. The van der Waals surface area contributed by atoms with Crippen LogP contribution in [0.5, 0.6) is 0 Å². The molecule has 0 aliphatic heterocycles. The van der Waals surface area contributed by atoms with E-state index in [9.17, 15) is 4.79 Å². The number of esters is 1. The van der Waals surface area contributed by atoms with Crippen LogP contribution in [0, 0.1) is 0 Å². The fraction of sp³-hybridized carbons (Fsp3) is 0.615. The van der Waals surface area contributed by atoms with E-state index in [0.717, 1.165) is 29.9 Å².